The molecule has 1 aromatic rings. The van der Waals surface area contributed by atoms with Crippen molar-refractivity contribution in [3.05, 3.63) is 26.7 Å². The highest BCUT2D eigenvalue weighted by atomic mass is 79.9. The van der Waals surface area contributed by atoms with Crippen LogP contribution in [-0.2, 0) is 14.8 Å². The second-order valence-electron chi connectivity index (χ2n) is 3.69. The van der Waals surface area contributed by atoms with E-state index in [1.165, 1.54) is 23.5 Å². The van der Waals surface area contributed by atoms with Gasteiger partial charge in [0.05, 0.1) is 16.7 Å². The summed E-state index contributed by atoms with van der Waals surface area (Å²) in [4.78, 5) is -0.0722. The Labute approximate surface area is 131 Å². The van der Waals surface area contributed by atoms with Crippen LogP contribution in [0.3, 0.4) is 0 Å². The highest BCUT2D eigenvalue weighted by Gasteiger charge is 2.28. The van der Waals surface area contributed by atoms with Gasteiger partial charge < -0.3 is 4.74 Å². The number of hydrogen-bond donors (Lipinski definition) is 0. The van der Waals surface area contributed by atoms with E-state index in [9.17, 15) is 8.42 Å². The van der Waals surface area contributed by atoms with Crippen LogP contribution in [0.4, 0.5) is 0 Å². The molecule has 0 N–H and O–H groups in total. The fourth-order valence-corrected chi connectivity index (χ4v) is 4.86. The average molecular weight is 391 g/mol. The molecule has 0 unspecified atom stereocenters. The van der Waals surface area contributed by atoms with E-state index >= 15 is 0 Å². The molecule has 108 valence electrons. The van der Waals surface area contributed by atoms with Gasteiger partial charge >= 0.3 is 0 Å². The van der Waals surface area contributed by atoms with Gasteiger partial charge in [-0.3, -0.25) is 0 Å². The van der Waals surface area contributed by atoms with Gasteiger partial charge in [0.25, 0.3) is 0 Å². The highest BCUT2D eigenvalue weighted by molar-refractivity contribution is 9.10. The van der Waals surface area contributed by atoms with Crippen LogP contribution in [0.5, 0.6) is 0 Å². The fourth-order valence-electron chi connectivity index (χ4n) is 1.55. The Morgan fingerprint density at radius 2 is 1.84 bits per heavy atom. The van der Waals surface area contributed by atoms with E-state index in [0.29, 0.717) is 17.6 Å². The lowest BCUT2D eigenvalue weighted by Crippen LogP contribution is -2.34. The minimum Gasteiger partial charge on any atom is -0.383 e. The van der Waals surface area contributed by atoms with E-state index < -0.39 is 10.0 Å². The van der Waals surface area contributed by atoms with Crippen LogP contribution < -0.4 is 0 Å². The first-order valence-electron chi connectivity index (χ1n) is 5.48. The summed E-state index contributed by atoms with van der Waals surface area (Å²) in [5.41, 5.74) is 0. The Hall–Kier alpha value is 0.150. The van der Waals surface area contributed by atoms with Crippen molar-refractivity contribution in [2.75, 3.05) is 26.8 Å². The van der Waals surface area contributed by atoms with Crippen molar-refractivity contribution >= 4 is 49.2 Å². The average Bonchev–Trinajstić information content (AvgIpc) is 2.27. The minimum atomic E-state index is -3.73. The molecule has 0 radical (unpaired) electrons. The van der Waals surface area contributed by atoms with Crippen molar-refractivity contribution < 1.29 is 13.2 Å². The monoisotopic (exact) mass is 389 g/mol. The molecule has 0 aliphatic rings. The van der Waals surface area contributed by atoms with Crippen molar-refractivity contribution in [2.24, 2.45) is 0 Å². The maximum Gasteiger partial charge on any atom is 0.246 e. The van der Waals surface area contributed by atoms with Crippen LogP contribution >= 0.6 is 39.1 Å². The molecule has 1 aromatic carbocycles. The highest BCUT2D eigenvalue weighted by Crippen LogP contribution is 2.34. The van der Waals surface area contributed by atoms with Crippen molar-refractivity contribution in [3.8, 4) is 0 Å². The molecule has 0 aromatic heterocycles. The van der Waals surface area contributed by atoms with Gasteiger partial charge in [0, 0.05) is 24.7 Å². The Morgan fingerprint density at radius 3 is 2.26 bits per heavy atom. The predicted octanol–water partition coefficient (Wildman–Crippen LogP) is 3.41. The second kappa shape index (κ2) is 7.24. The van der Waals surface area contributed by atoms with E-state index in [1.807, 2.05) is 0 Å². The predicted molar refractivity (Wildman–Crippen MR) is 80.5 cm³/mol. The largest absolute Gasteiger partial charge is 0.383 e. The Morgan fingerprint density at radius 1 is 1.32 bits per heavy atom. The Kier molecular flexibility index (Phi) is 6.56. The van der Waals surface area contributed by atoms with Gasteiger partial charge in [0.2, 0.25) is 10.0 Å². The molecule has 0 saturated heterocycles. The van der Waals surface area contributed by atoms with Gasteiger partial charge in [-0.1, -0.05) is 46.1 Å². The molecule has 4 nitrogen and oxygen atoms in total. The van der Waals surface area contributed by atoms with E-state index in [4.69, 9.17) is 27.9 Å². The summed E-state index contributed by atoms with van der Waals surface area (Å²) in [6.07, 6.45) is 0. The zero-order valence-electron chi connectivity index (χ0n) is 10.5. The summed E-state index contributed by atoms with van der Waals surface area (Å²) in [6, 6.07) is 3.01. The first kappa shape index (κ1) is 17.2. The molecular formula is C11H14BrCl2NO3S. The Bertz CT molecular complexity index is 528. The van der Waals surface area contributed by atoms with Crippen LogP contribution in [0.1, 0.15) is 6.92 Å². The molecule has 0 saturated carbocycles. The van der Waals surface area contributed by atoms with E-state index in [0.717, 1.165) is 0 Å². The number of nitrogens with zero attached hydrogens (tertiary/aromatic N) is 1. The molecule has 0 aliphatic heterocycles. The van der Waals surface area contributed by atoms with Gasteiger partial charge in [-0.15, -0.1) is 0 Å². The van der Waals surface area contributed by atoms with Crippen LogP contribution in [0, 0.1) is 0 Å². The van der Waals surface area contributed by atoms with Gasteiger partial charge in [-0.05, 0) is 12.1 Å². The summed E-state index contributed by atoms with van der Waals surface area (Å²) in [5.74, 6) is 0. The zero-order valence-corrected chi connectivity index (χ0v) is 14.4. The topological polar surface area (TPSA) is 46.6 Å². The van der Waals surface area contributed by atoms with Gasteiger partial charge in [0.1, 0.15) is 4.90 Å². The number of ether oxygens (including phenoxy) is 1. The molecule has 0 fully saturated rings. The SMILES string of the molecule is CCN(CCOC)S(=O)(=O)c1c(Cl)cc(Br)cc1Cl. The van der Waals surface area contributed by atoms with Gasteiger partial charge in [0.15, 0.2) is 0 Å². The van der Waals surface area contributed by atoms with E-state index in [1.54, 1.807) is 6.92 Å². The minimum absolute atomic E-state index is 0.0722. The number of hydrogen-bond acceptors (Lipinski definition) is 3. The number of halogens is 3. The molecule has 0 heterocycles. The van der Waals surface area contributed by atoms with Crippen molar-refractivity contribution in [3.63, 3.8) is 0 Å². The van der Waals surface area contributed by atoms with Crippen LogP contribution in [0.2, 0.25) is 10.0 Å². The van der Waals surface area contributed by atoms with Crippen LogP contribution in [0.15, 0.2) is 21.5 Å². The molecule has 0 aliphatic carbocycles. The third-order valence-corrected chi connectivity index (χ3v) is 5.81. The first-order chi connectivity index (χ1) is 8.84. The molecule has 0 atom stereocenters. The second-order valence-corrected chi connectivity index (χ2v) is 7.29. The van der Waals surface area contributed by atoms with Gasteiger partial charge in [-0.2, -0.15) is 4.31 Å². The summed E-state index contributed by atoms with van der Waals surface area (Å²) < 4.78 is 31.8. The molecule has 19 heavy (non-hydrogen) atoms. The first-order valence-corrected chi connectivity index (χ1v) is 8.47. The summed E-state index contributed by atoms with van der Waals surface area (Å²) in [5, 5.41) is 0.186. The lowest BCUT2D eigenvalue weighted by Gasteiger charge is -2.21. The zero-order chi connectivity index (χ0) is 14.6. The standard InChI is InChI=1S/C11H14BrCl2NO3S/c1-3-15(4-5-18-2)19(16,17)11-9(13)6-8(12)7-10(11)14/h6-7H,3-5H2,1-2H3. The van der Waals surface area contributed by atoms with E-state index in [-0.39, 0.29) is 21.5 Å². The van der Waals surface area contributed by atoms with Gasteiger partial charge in [-0.25, -0.2) is 8.42 Å². The van der Waals surface area contributed by atoms with E-state index in [2.05, 4.69) is 15.9 Å². The quantitative estimate of drug-likeness (QED) is 0.747. The summed E-state index contributed by atoms with van der Waals surface area (Å²) in [6.45, 7) is 2.61. The number of benzene rings is 1. The maximum absolute atomic E-state index is 12.5. The molecule has 1 rings (SSSR count). The number of methoxy groups -OCH3 is 1. The normalized spacial score (nSPS) is 12.1. The lowest BCUT2D eigenvalue weighted by molar-refractivity contribution is 0.180. The number of rotatable bonds is 6. The molecular weight excluding hydrogens is 377 g/mol. The third kappa shape index (κ3) is 4.06. The van der Waals surface area contributed by atoms with Crippen LogP contribution in [-0.4, -0.2) is 39.5 Å². The van der Waals surface area contributed by atoms with Crippen molar-refractivity contribution in [1.29, 1.82) is 0 Å². The third-order valence-electron chi connectivity index (χ3n) is 2.46. The summed E-state index contributed by atoms with van der Waals surface area (Å²) >= 11 is 15.2. The van der Waals surface area contributed by atoms with Crippen LogP contribution in [0.25, 0.3) is 0 Å². The molecule has 0 spiro atoms. The molecule has 0 bridgehead atoms. The lowest BCUT2D eigenvalue weighted by atomic mass is 10.4. The van der Waals surface area contributed by atoms with Crippen molar-refractivity contribution in [2.45, 2.75) is 11.8 Å². The number of sulfonamides is 1. The summed E-state index contributed by atoms with van der Waals surface area (Å²) in [7, 11) is -2.22. The maximum atomic E-state index is 12.5. The Balaban J connectivity index is 3.26. The molecule has 8 heteroatoms. The van der Waals surface area contributed by atoms with Crippen molar-refractivity contribution in [1.82, 2.24) is 4.31 Å². The number of likely N-dealkylation sites (N-methyl/N-ethyl adjacent to an activating group) is 1. The fraction of sp³-hybridized carbons (Fsp3) is 0.455. The smallest absolute Gasteiger partial charge is 0.246 e. The molecule has 0 amide bonds.